The number of nitrogens with two attached hydrogens (primary N) is 1. The summed E-state index contributed by atoms with van der Waals surface area (Å²) in [6.07, 6.45) is -0.998. The van der Waals surface area contributed by atoms with Crippen molar-refractivity contribution in [2.75, 3.05) is 6.54 Å². The van der Waals surface area contributed by atoms with Gasteiger partial charge >= 0.3 is 37.2 Å². The van der Waals surface area contributed by atoms with Crippen LogP contribution in [0.4, 0.5) is 0 Å². The summed E-state index contributed by atoms with van der Waals surface area (Å²) in [6, 6.07) is 0. The normalized spacial score (nSPS) is 17.0. The van der Waals surface area contributed by atoms with Crippen LogP contribution in [0, 0.1) is 0 Å². The molecule has 0 bridgehead atoms. The summed E-state index contributed by atoms with van der Waals surface area (Å²) in [6.45, 7) is -0.532. The van der Waals surface area contributed by atoms with E-state index in [1.54, 1.807) is 0 Å². The van der Waals surface area contributed by atoms with E-state index < -0.39 is 33.2 Å². The Hall–Kier alpha value is 1.22. The van der Waals surface area contributed by atoms with Crippen LogP contribution in [0.15, 0.2) is 0 Å². The van der Waals surface area contributed by atoms with Gasteiger partial charge in [0.15, 0.2) is 5.08 Å². The number of aliphatic hydroxyl groups is 1. The topological polar surface area (TPSA) is 167 Å². The van der Waals surface area contributed by atoms with Crippen molar-refractivity contribution in [3.8, 4) is 0 Å². The van der Waals surface area contributed by atoms with Gasteiger partial charge in [-0.2, -0.15) is 0 Å². The molecule has 0 aromatic heterocycles. The summed E-state index contributed by atoms with van der Waals surface area (Å²) in [5.74, 6) is 0. The first-order chi connectivity index (χ1) is 5.56. The fourth-order valence-electron chi connectivity index (χ4n) is 0.636. The third-order valence-electron chi connectivity index (χ3n) is 1.38. The van der Waals surface area contributed by atoms with Crippen LogP contribution in [0.3, 0.4) is 0 Å². The first-order valence-electron chi connectivity index (χ1n) is 3.06. The predicted octanol–water partition coefficient (Wildman–Crippen LogP) is -5.92. The van der Waals surface area contributed by atoms with Crippen LogP contribution >= 0.6 is 15.2 Å². The zero-order valence-electron chi connectivity index (χ0n) is 7.36. The molecular weight excluding hydrogens is 247 g/mol. The van der Waals surface area contributed by atoms with Gasteiger partial charge < -0.3 is 35.0 Å². The fraction of sp³-hybridized carbons (Fsp3) is 1.00. The Morgan fingerprint density at radius 2 is 1.64 bits per heavy atom. The fourth-order valence-corrected chi connectivity index (χ4v) is 2.74. The minimum Gasteiger partial charge on any atom is -0.808 e. The van der Waals surface area contributed by atoms with E-state index in [0.717, 1.165) is 0 Å². The second kappa shape index (κ2) is 5.52. The Morgan fingerprint density at radius 1 is 1.29 bits per heavy atom. The molecule has 0 aliphatic carbocycles. The second-order valence-electron chi connectivity index (χ2n) is 2.35. The average molecular weight is 256 g/mol. The molecule has 0 saturated heterocycles. The summed E-state index contributed by atoms with van der Waals surface area (Å²) in [7, 11) is -11.3. The van der Waals surface area contributed by atoms with Crippen LogP contribution in [0.5, 0.6) is 0 Å². The molecule has 0 aromatic carbocycles. The van der Waals surface area contributed by atoms with Crippen molar-refractivity contribution in [3.05, 3.63) is 0 Å². The molecule has 1 atom stereocenters. The van der Waals surface area contributed by atoms with Crippen LogP contribution in [0.2, 0.25) is 0 Å². The summed E-state index contributed by atoms with van der Waals surface area (Å²) < 4.78 is 20.9. The molecule has 0 aromatic rings. The predicted molar refractivity (Wildman–Crippen MR) is 38.3 cm³/mol. The third kappa shape index (κ3) is 3.66. The van der Waals surface area contributed by atoms with Crippen molar-refractivity contribution < 1.29 is 63.4 Å². The monoisotopic (exact) mass is 256 g/mol. The Balaban J connectivity index is 0. The average Bonchev–Trinajstić information content (AvgIpc) is 1.82. The Labute approximate surface area is 102 Å². The van der Waals surface area contributed by atoms with Gasteiger partial charge in [-0.1, -0.05) is 0 Å². The smallest absolute Gasteiger partial charge is 0.808 e. The van der Waals surface area contributed by atoms with E-state index in [2.05, 4.69) is 0 Å². The van der Waals surface area contributed by atoms with Gasteiger partial charge in [0, 0.05) is 6.42 Å². The van der Waals surface area contributed by atoms with Gasteiger partial charge in [0.05, 0.1) is 0 Å². The maximum atomic E-state index is 10.5. The molecule has 0 fully saturated rings. The summed E-state index contributed by atoms with van der Waals surface area (Å²) in [4.78, 5) is 37.6. The van der Waals surface area contributed by atoms with Gasteiger partial charge in [-0.3, -0.25) is 4.57 Å². The van der Waals surface area contributed by atoms with Gasteiger partial charge in [-0.05, 0) is 14.1 Å². The molecule has 0 rings (SSSR count). The molecule has 80 valence electrons. The van der Waals surface area contributed by atoms with Crippen molar-refractivity contribution in [3.63, 3.8) is 0 Å². The van der Waals surface area contributed by atoms with Crippen molar-refractivity contribution in [1.82, 2.24) is 0 Å². The van der Waals surface area contributed by atoms with E-state index in [1.165, 1.54) is 0 Å². The Bertz CT molecular complexity index is 248. The molecule has 1 unspecified atom stereocenters. The van der Waals surface area contributed by atoms with Crippen molar-refractivity contribution in [2.24, 2.45) is 5.73 Å². The molecule has 11 heteroatoms. The molecule has 0 aliphatic rings. The van der Waals surface area contributed by atoms with Crippen LogP contribution in [0.25, 0.3) is 0 Å². The van der Waals surface area contributed by atoms with Gasteiger partial charge in [-0.25, -0.2) is 0 Å². The van der Waals surface area contributed by atoms with Crippen molar-refractivity contribution in [2.45, 2.75) is 11.5 Å². The zero-order valence-corrected chi connectivity index (χ0v) is 11.1. The van der Waals surface area contributed by atoms with Gasteiger partial charge in [0.2, 0.25) is 0 Å². The van der Waals surface area contributed by atoms with E-state index in [-0.39, 0.29) is 29.6 Å². The number of hydrogen-bond donors (Lipinski definition) is 4. The molecule has 0 heterocycles. The molecule has 0 radical (unpaired) electrons. The number of rotatable bonds is 4. The molecule has 0 aliphatic heterocycles. The van der Waals surface area contributed by atoms with E-state index in [0.29, 0.717) is 0 Å². The molecule has 0 amide bonds. The first kappa shape index (κ1) is 17.6. The van der Waals surface area contributed by atoms with E-state index in [9.17, 15) is 18.9 Å². The standard InChI is InChI=1S/C3H11NO7P2.Na/c4-2-1-3(5,12(6,7)8)13(9,10)11;/h5H,1-2,4H2,(H2,6,7,8)(H2,9,10,11);/q;+1/p-2. The molecule has 5 N–H and O–H groups in total. The van der Waals surface area contributed by atoms with E-state index in [4.69, 9.17) is 20.6 Å². The number of hydrogen-bond acceptors (Lipinski definition) is 6. The minimum atomic E-state index is -5.81. The van der Waals surface area contributed by atoms with E-state index >= 15 is 0 Å². The second-order valence-corrected chi connectivity index (χ2v) is 6.27. The largest absolute Gasteiger partial charge is 1.00 e. The first-order valence-corrected chi connectivity index (χ1v) is 6.22. The summed E-state index contributed by atoms with van der Waals surface area (Å²) >= 11 is 0. The third-order valence-corrected chi connectivity index (χ3v) is 5.16. The van der Waals surface area contributed by atoms with Crippen LogP contribution < -0.4 is 45.1 Å². The van der Waals surface area contributed by atoms with Gasteiger partial charge in [0.1, 0.15) is 0 Å². The van der Waals surface area contributed by atoms with Gasteiger partial charge in [-0.15, -0.1) is 0 Å². The van der Waals surface area contributed by atoms with Crippen molar-refractivity contribution >= 4 is 15.2 Å². The molecule has 0 saturated carbocycles. The van der Waals surface area contributed by atoms with Crippen LogP contribution in [0.1, 0.15) is 6.42 Å². The molecule has 0 spiro atoms. The quantitative estimate of drug-likeness (QED) is 0.285. The van der Waals surface area contributed by atoms with Crippen LogP contribution in [-0.2, 0) is 9.13 Å². The maximum Gasteiger partial charge on any atom is 1.00 e. The van der Waals surface area contributed by atoms with E-state index in [1.807, 2.05) is 0 Å². The maximum absolute atomic E-state index is 10.5. The summed E-state index contributed by atoms with van der Waals surface area (Å²) in [5.41, 5.74) is 4.81. The minimum absolute atomic E-state index is 0. The van der Waals surface area contributed by atoms with Crippen LogP contribution in [-0.4, -0.2) is 26.5 Å². The molecule has 8 nitrogen and oxygen atoms in total. The summed E-state index contributed by atoms with van der Waals surface area (Å²) in [5, 5.41) is 5.36. The Morgan fingerprint density at radius 3 is 1.71 bits per heavy atom. The molecule has 14 heavy (non-hydrogen) atoms. The van der Waals surface area contributed by atoms with Gasteiger partial charge in [0.25, 0.3) is 0 Å². The zero-order chi connectivity index (χ0) is 10.9. The van der Waals surface area contributed by atoms with Crippen molar-refractivity contribution in [1.29, 1.82) is 0 Å². The molecular formula is C3H9NNaO7P2-. The Kier molecular flexibility index (Phi) is 6.94. The SMILES string of the molecule is NCCC(O)(P(=O)([O-])[O-])P(=O)(O)O.[Na+].